The van der Waals surface area contributed by atoms with E-state index in [-0.39, 0.29) is 11.1 Å². The van der Waals surface area contributed by atoms with Crippen molar-refractivity contribution in [3.63, 3.8) is 0 Å². The first-order valence-corrected chi connectivity index (χ1v) is 6.87. The molecule has 0 unspecified atom stereocenters. The van der Waals surface area contributed by atoms with Crippen molar-refractivity contribution in [1.82, 2.24) is 9.38 Å². The molecule has 100 valence electrons. The maximum absolute atomic E-state index is 12.3. The standard InChI is InChI=1S/C14H11N3O2S/c1-9-8-20-14-15-7-11(13(19)17(9)14)12(18)16-10-5-3-2-4-6-10/h2-8H,1H3,(H,16,18). The normalized spacial score (nSPS) is 10.7. The molecule has 0 aliphatic heterocycles. The summed E-state index contributed by atoms with van der Waals surface area (Å²) in [5.41, 5.74) is 1.11. The van der Waals surface area contributed by atoms with Crippen molar-refractivity contribution in [2.24, 2.45) is 0 Å². The lowest BCUT2D eigenvalue weighted by Crippen LogP contribution is -2.26. The molecule has 1 aromatic carbocycles. The highest BCUT2D eigenvalue weighted by atomic mass is 32.1. The number of hydrogen-bond acceptors (Lipinski definition) is 4. The van der Waals surface area contributed by atoms with Crippen molar-refractivity contribution in [2.45, 2.75) is 6.92 Å². The maximum atomic E-state index is 12.3. The molecule has 3 rings (SSSR count). The van der Waals surface area contributed by atoms with Gasteiger partial charge >= 0.3 is 0 Å². The van der Waals surface area contributed by atoms with Gasteiger partial charge in [0.2, 0.25) is 0 Å². The lowest BCUT2D eigenvalue weighted by molar-refractivity contribution is 0.102. The summed E-state index contributed by atoms with van der Waals surface area (Å²) < 4.78 is 1.45. The lowest BCUT2D eigenvalue weighted by Gasteiger charge is -2.04. The minimum Gasteiger partial charge on any atom is -0.322 e. The molecule has 6 heteroatoms. The van der Waals surface area contributed by atoms with Crippen LogP contribution in [0.3, 0.4) is 0 Å². The van der Waals surface area contributed by atoms with Crippen LogP contribution >= 0.6 is 11.3 Å². The number of rotatable bonds is 2. The van der Waals surface area contributed by atoms with Gasteiger partial charge in [0.1, 0.15) is 5.56 Å². The van der Waals surface area contributed by atoms with Gasteiger partial charge < -0.3 is 5.32 Å². The molecule has 5 nitrogen and oxygen atoms in total. The third kappa shape index (κ3) is 2.10. The number of fused-ring (bicyclic) bond motifs is 1. The highest BCUT2D eigenvalue weighted by molar-refractivity contribution is 7.15. The molecule has 0 fully saturated rings. The first-order chi connectivity index (χ1) is 9.66. The number of carbonyl (C=O) groups is 1. The number of amides is 1. The van der Waals surface area contributed by atoms with Crippen LogP contribution in [0.5, 0.6) is 0 Å². The molecule has 0 atom stereocenters. The highest BCUT2D eigenvalue weighted by Gasteiger charge is 2.15. The number of benzene rings is 1. The summed E-state index contributed by atoms with van der Waals surface area (Å²) in [6.45, 7) is 1.81. The van der Waals surface area contributed by atoms with Crippen molar-refractivity contribution in [1.29, 1.82) is 0 Å². The number of anilines is 1. The number of carbonyl (C=O) groups excluding carboxylic acids is 1. The van der Waals surface area contributed by atoms with Gasteiger partial charge in [-0.1, -0.05) is 18.2 Å². The number of aryl methyl sites for hydroxylation is 1. The van der Waals surface area contributed by atoms with E-state index in [9.17, 15) is 9.59 Å². The van der Waals surface area contributed by atoms with Gasteiger partial charge in [-0.3, -0.25) is 14.0 Å². The van der Waals surface area contributed by atoms with Crippen LogP contribution in [0.15, 0.2) is 46.7 Å². The second kappa shape index (κ2) is 4.90. The average molecular weight is 285 g/mol. The Hall–Kier alpha value is -2.47. The van der Waals surface area contributed by atoms with Gasteiger partial charge in [-0.25, -0.2) is 4.98 Å². The topological polar surface area (TPSA) is 63.5 Å². The van der Waals surface area contributed by atoms with Crippen LogP contribution in [0.4, 0.5) is 5.69 Å². The van der Waals surface area contributed by atoms with Crippen LogP contribution in [0.1, 0.15) is 16.1 Å². The van der Waals surface area contributed by atoms with Gasteiger partial charge in [0.25, 0.3) is 11.5 Å². The van der Waals surface area contributed by atoms with Crippen molar-refractivity contribution >= 4 is 27.9 Å². The van der Waals surface area contributed by atoms with E-state index in [0.29, 0.717) is 10.6 Å². The van der Waals surface area contributed by atoms with Crippen molar-refractivity contribution < 1.29 is 4.79 Å². The Morgan fingerprint density at radius 1 is 1.30 bits per heavy atom. The highest BCUT2D eigenvalue weighted by Crippen LogP contribution is 2.12. The average Bonchev–Trinajstić information content (AvgIpc) is 2.82. The van der Waals surface area contributed by atoms with Gasteiger partial charge in [0, 0.05) is 23.0 Å². The Morgan fingerprint density at radius 3 is 2.80 bits per heavy atom. The summed E-state index contributed by atoms with van der Waals surface area (Å²) in [7, 11) is 0. The molecule has 0 aliphatic carbocycles. The molecule has 3 aromatic rings. The van der Waals surface area contributed by atoms with Crippen LogP contribution in [-0.4, -0.2) is 15.3 Å². The van der Waals surface area contributed by atoms with Gasteiger partial charge in [-0.05, 0) is 19.1 Å². The van der Waals surface area contributed by atoms with E-state index in [0.717, 1.165) is 5.69 Å². The summed E-state index contributed by atoms with van der Waals surface area (Å²) in [6.07, 6.45) is 1.33. The van der Waals surface area contributed by atoms with E-state index < -0.39 is 5.91 Å². The summed E-state index contributed by atoms with van der Waals surface area (Å²) in [5, 5.41) is 4.52. The van der Waals surface area contributed by atoms with E-state index in [1.165, 1.54) is 21.9 Å². The van der Waals surface area contributed by atoms with Gasteiger partial charge in [-0.15, -0.1) is 11.3 Å². The van der Waals surface area contributed by atoms with Crippen molar-refractivity contribution in [2.75, 3.05) is 5.32 Å². The molecule has 0 saturated carbocycles. The van der Waals surface area contributed by atoms with Crippen molar-refractivity contribution in [3.05, 3.63) is 63.5 Å². The third-order valence-corrected chi connectivity index (χ3v) is 3.85. The summed E-state index contributed by atoms with van der Waals surface area (Å²) in [6, 6.07) is 9.00. The molecule has 0 spiro atoms. The van der Waals surface area contributed by atoms with E-state index in [1.54, 1.807) is 12.1 Å². The molecule has 0 radical (unpaired) electrons. The number of thiazole rings is 1. The van der Waals surface area contributed by atoms with Gasteiger partial charge in [0.05, 0.1) is 0 Å². The van der Waals surface area contributed by atoms with Crippen LogP contribution in [-0.2, 0) is 0 Å². The zero-order chi connectivity index (χ0) is 14.1. The molecule has 1 amide bonds. The van der Waals surface area contributed by atoms with Crippen LogP contribution in [0.25, 0.3) is 4.96 Å². The van der Waals surface area contributed by atoms with Crippen LogP contribution in [0, 0.1) is 6.92 Å². The SMILES string of the molecule is Cc1csc2ncc(C(=O)Nc3ccccc3)c(=O)n12. The monoisotopic (exact) mass is 285 g/mol. The molecule has 0 bridgehead atoms. The molecule has 20 heavy (non-hydrogen) atoms. The Bertz CT molecular complexity index is 836. The number of nitrogens with one attached hydrogen (secondary N) is 1. The predicted octanol–water partition coefficient (Wildman–Crippen LogP) is 2.32. The molecule has 1 N–H and O–H groups in total. The lowest BCUT2D eigenvalue weighted by atomic mass is 10.2. The molecule has 2 heterocycles. The largest absolute Gasteiger partial charge is 0.322 e. The summed E-state index contributed by atoms with van der Waals surface area (Å²) in [4.78, 5) is 29.2. The fraction of sp³-hybridized carbons (Fsp3) is 0.0714. The first-order valence-electron chi connectivity index (χ1n) is 5.99. The fourth-order valence-corrected chi connectivity index (χ4v) is 2.73. The summed E-state index contributed by atoms with van der Waals surface area (Å²) in [5.74, 6) is -0.450. The van der Waals surface area contributed by atoms with Crippen molar-refractivity contribution in [3.8, 4) is 0 Å². The summed E-state index contributed by atoms with van der Waals surface area (Å²) >= 11 is 1.37. The van der Waals surface area contributed by atoms with E-state index in [1.807, 2.05) is 30.5 Å². The van der Waals surface area contributed by atoms with Gasteiger partial charge in [0.15, 0.2) is 4.96 Å². The van der Waals surface area contributed by atoms with E-state index in [4.69, 9.17) is 0 Å². The molecule has 0 aliphatic rings. The minimum atomic E-state index is -0.450. The van der Waals surface area contributed by atoms with E-state index >= 15 is 0 Å². The molecule has 2 aromatic heterocycles. The second-order valence-electron chi connectivity index (χ2n) is 4.29. The second-order valence-corrected chi connectivity index (χ2v) is 5.13. The quantitative estimate of drug-likeness (QED) is 0.786. The van der Waals surface area contributed by atoms with Gasteiger partial charge in [-0.2, -0.15) is 0 Å². The Labute approximate surface area is 118 Å². The number of para-hydroxylation sites is 1. The number of nitrogens with zero attached hydrogens (tertiary/aromatic N) is 2. The maximum Gasteiger partial charge on any atom is 0.271 e. The fourth-order valence-electron chi connectivity index (χ4n) is 1.90. The Morgan fingerprint density at radius 2 is 2.05 bits per heavy atom. The Kier molecular flexibility index (Phi) is 3.08. The van der Waals surface area contributed by atoms with Crippen LogP contribution < -0.4 is 10.9 Å². The minimum absolute atomic E-state index is 0.0350. The zero-order valence-corrected chi connectivity index (χ0v) is 11.5. The van der Waals surface area contributed by atoms with Crippen LogP contribution in [0.2, 0.25) is 0 Å². The number of aromatic nitrogens is 2. The Balaban J connectivity index is 2.02. The third-order valence-electron chi connectivity index (χ3n) is 2.89. The molecule has 0 saturated heterocycles. The predicted molar refractivity (Wildman–Crippen MR) is 78.5 cm³/mol. The molecular weight excluding hydrogens is 274 g/mol. The zero-order valence-electron chi connectivity index (χ0n) is 10.7. The molecular formula is C14H11N3O2S. The van der Waals surface area contributed by atoms with E-state index in [2.05, 4.69) is 10.3 Å². The number of hydrogen-bond donors (Lipinski definition) is 1. The first kappa shape index (κ1) is 12.6. The smallest absolute Gasteiger partial charge is 0.271 e.